The zero-order valence-corrected chi connectivity index (χ0v) is 54.5. The van der Waals surface area contributed by atoms with Crippen molar-refractivity contribution < 1.29 is 28.6 Å². The van der Waals surface area contributed by atoms with Crippen molar-refractivity contribution in [1.29, 1.82) is 0 Å². The lowest BCUT2D eigenvalue weighted by Crippen LogP contribution is -2.30. The molecule has 0 aliphatic carbocycles. The Hall–Kier alpha value is -3.41. The van der Waals surface area contributed by atoms with Gasteiger partial charge in [-0.25, -0.2) is 0 Å². The Kier molecular flexibility index (Phi) is 67.2. The first kappa shape index (κ1) is 78.6. The second-order valence-corrected chi connectivity index (χ2v) is 23.8. The predicted molar refractivity (Wildman–Crippen MR) is 358 cm³/mol. The summed E-state index contributed by atoms with van der Waals surface area (Å²) in [6.45, 7) is 6.56. The van der Waals surface area contributed by atoms with Crippen molar-refractivity contribution in [3.8, 4) is 0 Å². The molecule has 0 aliphatic heterocycles. The summed E-state index contributed by atoms with van der Waals surface area (Å²) in [5.41, 5.74) is 0. The topological polar surface area (TPSA) is 78.9 Å². The number of hydrogen-bond acceptors (Lipinski definition) is 6. The molecule has 0 N–H and O–H groups in total. The van der Waals surface area contributed by atoms with Crippen LogP contribution >= 0.6 is 0 Å². The third kappa shape index (κ3) is 67.4. The fraction of sp³-hybridized carbons (Fsp3) is 0.776. The fourth-order valence-electron chi connectivity index (χ4n) is 10.3. The van der Waals surface area contributed by atoms with E-state index in [9.17, 15) is 14.4 Å². The molecular formula is C76H134O6. The van der Waals surface area contributed by atoms with Crippen LogP contribution in [0.2, 0.25) is 0 Å². The lowest BCUT2D eigenvalue weighted by Gasteiger charge is -2.18. The summed E-state index contributed by atoms with van der Waals surface area (Å²) in [5, 5.41) is 0. The number of rotatable bonds is 65. The van der Waals surface area contributed by atoms with Crippen molar-refractivity contribution >= 4 is 17.9 Å². The Morgan fingerprint density at radius 1 is 0.256 bits per heavy atom. The normalized spacial score (nSPS) is 12.6. The molecule has 6 nitrogen and oxygen atoms in total. The highest BCUT2D eigenvalue weighted by molar-refractivity contribution is 5.71. The van der Waals surface area contributed by atoms with Crippen molar-refractivity contribution in [2.75, 3.05) is 13.2 Å². The Morgan fingerprint density at radius 3 is 0.756 bits per heavy atom. The number of esters is 3. The monoisotopic (exact) mass is 1140 g/mol. The van der Waals surface area contributed by atoms with E-state index in [2.05, 4.69) is 106 Å². The van der Waals surface area contributed by atoms with Crippen molar-refractivity contribution in [3.05, 3.63) is 85.1 Å². The molecule has 0 saturated carbocycles. The van der Waals surface area contributed by atoms with Gasteiger partial charge in [-0.3, -0.25) is 14.4 Å². The van der Waals surface area contributed by atoms with Gasteiger partial charge in [0, 0.05) is 19.3 Å². The van der Waals surface area contributed by atoms with E-state index in [4.69, 9.17) is 14.2 Å². The van der Waals surface area contributed by atoms with Crippen LogP contribution < -0.4 is 0 Å². The van der Waals surface area contributed by atoms with Crippen LogP contribution in [0.4, 0.5) is 0 Å². The third-order valence-electron chi connectivity index (χ3n) is 15.6. The highest BCUT2D eigenvalue weighted by Crippen LogP contribution is 2.18. The fourth-order valence-corrected chi connectivity index (χ4v) is 10.3. The van der Waals surface area contributed by atoms with Crippen LogP contribution in [-0.2, 0) is 28.6 Å². The quantitative estimate of drug-likeness (QED) is 0.0261. The summed E-state index contributed by atoms with van der Waals surface area (Å²) in [5.74, 6) is -0.875. The zero-order chi connectivity index (χ0) is 59.2. The molecule has 0 spiro atoms. The molecule has 0 amide bonds. The van der Waals surface area contributed by atoms with E-state index >= 15 is 0 Å². The Balaban J connectivity index is 4.31. The summed E-state index contributed by atoms with van der Waals surface area (Å²) in [6, 6.07) is 0. The van der Waals surface area contributed by atoms with Crippen LogP contribution in [0, 0.1) is 0 Å². The van der Waals surface area contributed by atoms with E-state index in [1.807, 2.05) is 0 Å². The minimum absolute atomic E-state index is 0.0798. The van der Waals surface area contributed by atoms with Crippen LogP contribution in [0.5, 0.6) is 0 Å². The lowest BCUT2D eigenvalue weighted by molar-refractivity contribution is -0.167. The standard InChI is InChI=1S/C76H134O6/c1-4-7-10-13-16-19-22-25-28-30-32-34-36-37-38-39-41-42-44-46-48-51-54-57-60-63-66-69-75(78)81-72-73(71-80-74(77)68-65-62-59-56-53-50-27-24-21-18-15-12-9-6-3)82-76(79)70-67-64-61-58-55-52-49-47-45-43-40-35-33-31-29-26-23-20-17-14-11-8-5-2/h7,10,16,19,24-25,27-28,32,34,37-38,41-42,73H,4-6,8-9,11-15,17-18,20-23,26,29-31,33,35-36,39-40,43-72H2,1-3H3/b10-7-,19-16-,27-24-,28-25-,34-32-,38-37-,42-41-. The third-order valence-corrected chi connectivity index (χ3v) is 15.6. The van der Waals surface area contributed by atoms with E-state index in [0.717, 1.165) is 109 Å². The van der Waals surface area contributed by atoms with Crippen LogP contribution in [0.15, 0.2) is 85.1 Å². The molecule has 0 fully saturated rings. The minimum Gasteiger partial charge on any atom is -0.462 e. The maximum atomic E-state index is 13.0. The number of carbonyl (C=O) groups excluding carboxylic acids is 3. The van der Waals surface area contributed by atoms with Gasteiger partial charge in [-0.1, -0.05) is 331 Å². The van der Waals surface area contributed by atoms with Gasteiger partial charge < -0.3 is 14.2 Å². The van der Waals surface area contributed by atoms with Gasteiger partial charge in [-0.2, -0.15) is 0 Å². The molecule has 0 aromatic carbocycles. The van der Waals surface area contributed by atoms with E-state index < -0.39 is 6.10 Å². The number of allylic oxidation sites excluding steroid dienone is 14. The molecule has 0 bridgehead atoms. The zero-order valence-electron chi connectivity index (χ0n) is 54.5. The molecule has 1 atom stereocenters. The summed E-state index contributed by atoms with van der Waals surface area (Å²) in [6.07, 6.45) is 93.2. The molecule has 0 heterocycles. The molecule has 0 aliphatic rings. The molecule has 0 aromatic rings. The van der Waals surface area contributed by atoms with Gasteiger partial charge in [-0.15, -0.1) is 0 Å². The molecule has 6 heteroatoms. The molecule has 0 saturated heterocycles. The first-order valence-corrected chi connectivity index (χ1v) is 35.6. The Bertz CT molecular complexity index is 1550. The molecule has 0 aromatic heterocycles. The highest BCUT2D eigenvalue weighted by Gasteiger charge is 2.19. The largest absolute Gasteiger partial charge is 0.462 e. The number of carbonyl (C=O) groups is 3. The smallest absolute Gasteiger partial charge is 0.306 e. The van der Waals surface area contributed by atoms with E-state index in [1.165, 1.54) is 212 Å². The molecule has 0 radical (unpaired) electrons. The molecular weight excluding hydrogens is 1010 g/mol. The van der Waals surface area contributed by atoms with Crippen LogP contribution in [0.25, 0.3) is 0 Å². The number of hydrogen-bond donors (Lipinski definition) is 0. The molecule has 1 unspecified atom stereocenters. The minimum atomic E-state index is -0.784. The SMILES string of the molecule is CC/C=C\C/C=C\C/C=C\C/C=C\C/C=C\C/C=C\CCCCCCCCCCC(=O)OCC(COC(=O)CCCCCCC/C=C\CCCCCCC)OC(=O)CCCCCCCCCCCCCCCCCCCCCCCCC. The van der Waals surface area contributed by atoms with E-state index in [-0.39, 0.29) is 31.1 Å². The van der Waals surface area contributed by atoms with E-state index in [0.29, 0.717) is 19.3 Å². The van der Waals surface area contributed by atoms with Crippen molar-refractivity contribution in [2.24, 2.45) is 0 Å². The van der Waals surface area contributed by atoms with Crippen LogP contribution in [-0.4, -0.2) is 37.2 Å². The highest BCUT2D eigenvalue weighted by atomic mass is 16.6. The van der Waals surface area contributed by atoms with Gasteiger partial charge >= 0.3 is 17.9 Å². The van der Waals surface area contributed by atoms with Crippen molar-refractivity contribution in [2.45, 2.75) is 367 Å². The van der Waals surface area contributed by atoms with Gasteiger partial charge in [-0.05, 0) is 96.3 Å². The average Bonchev–Trinajstić information content (AvgIpc) is 3.48. The van der Waals surface area contributed by atoms with Gasteiger partial charge in [0.15, 0.2) is 6.10 Å². The van der Waals surface area contributed by atoms with Crippen LogP contribution in [0.3, 0.4) is 0 Å². The molecule has 474 valence electrons. The number of ether oxygens (including phenoxy) is 3. The predicted octanol–water partition coefficient (Wildman–Crippen LogP) is 24.6. The van der Waals surface area contributed by atoms with E-state index in [1.54, 1.807) is 0 Å². The maximum Gasteiger partial charge on any atom is 0.306 e. The first-order valence-electron chi connectivity index (χ1n) is 35.6. The van der Waals surface area contributed by atoms with Gasteiger partial charge in [0.05, 0.1) is 0 Å². The van der Waals surface area contributed by atoms with Gasteiger partial charge in [0.25, 0.3) is 0 Å². The number of unbranched alkanes of at least 4 members (excludes halogenated alkanes) is 40. The second-order valence-electron chi connectivity index (χ2n) is 23.8. The Morgan fingerprint density at radius 2 is 0.476 bits per heavy atom. The summed E-state index contributed by atoms with van der Waals surface area (Å²) in [7, 11) is 0. The Labute approximate surface area is 509 Å². The van der Waals surface area contributed by atoms with Gasteiger partial charge in [0.1, 0.15) is 13.2 Å². The lowest BCUT2D eigenvalue weighted by atomic mass is 10.0. The van der Waals surface area contributed by atoms with Crippen molar-refractivity contribution in [1.82, 2.24) is 0 Å². The summed E-state index contributed by atoms with van der Waals surface area (Å²) < 4.78 is 17.0. The van der Waals surface area contributed by atoms with Crippen LogP contribution in [0.1, 0.15) is 361 Å². The summed E-state index contributed by atoms with van der Waals surface area (Å²) in [4.78, 5) is 38.5. The molecule has 0 rings (SSSR count). The maximum absolute atomic E-state index is 13.0. The van der Waals surface area contributed by atoms with Crippen molar-refractivity contribution in [3.63, 3.8) is 0 Å². The molecule has 82 heavy (non-hydrogen) atoms. The second kappa shape index (κ2) is 70.1. The average molecular weight is 1140 g/mol. The summed E-state index contributed by atoms with van der Waals surface area (Å²) >= 11 is 0. The van der Waals surface area contributed by atoms with Gasteiger partial charge in [0.2, 0.25) is 0 Å². The first-order chi connectivity index (χ1) is 40.5.